The number of hydrogen-bond donors (Lipinski definition) is 2. The molecule has 1 aliphatic rings. The molecule has 108 valence electrons. The van der Waals surface area contributed by atoms with E-state index in [2.05, 4.69) is 10.2 Å². The van der Waals surface area contributed by atoms with Crippen LogP contribution in [-0.2, 0) is 14.8 Å². The molecule has 0 saturated carbocycles. The molecule has 1 atom stereocenters. The van der Waals surface area contributed by atoms with Gasteiger partial charge in [-0.2, -0.15) is 9.40 Å². The first-order chi connectivity index (χ1) is 8.76. The standard InChI is InChI=1S/C11H19N3O4S/c1-8-10(4-12-13-8)19(16,17)14-5-9(6-15)18-11(2,3)7-14/h4,9,15H,5-7H2,1-3H3,(H,12,13). The number of sulfonamides is 1. The quantitative estimate of drug-likeness (QED) is 0.808. The molecule has 0 amide bonds. The Balaban J connectivity index is 2.33. The second kappa shape index (κ2) is 4.86. The van der Waals surface area contributed by atoms with E-state index in [9.17, 15) is 13.5 Å². The van der Waals surface area contributed by atoms with Crippen molar-refractivity contribution in [3.8, 4) is 0 Å². The molecule has 1 fully saturated rings. The number of nitrogens with one attached hydrogen (secondary N) is 1. The summed E-state index contributed by atoms with van der Waals surface area (Å²) in [6, 6.07) is 0. The zero-order valence-electron chi connectivity index (χ0n) is 11.3. The van der Waals surface area contributed by atoms with Gasteiger partial charge in [-0.3, -0.25) is 5.10 Å². The van der Waals surface area contributed by atoms with Gasteiger partial charge in [-0.25, -0.2) is 8.42 Å². The van der Waals surface area contributed by atoms with Gasteiger partial charge in [0.05, 0.1) is 30.2 Å². The number of aromatic amines is 1. The van der Waals surface area contributed by atoms with Crippen LogP contribution in [0.4, 0.5) is 0 Å². The van der Waals surface area contributed by atoms with E-state index in [4.69, 9.17) is 4.74 Å². The average Bonchev–Trinajstić information content (AvgIpc) is 2.74. The number of morpholine rings is 1. The predicted molar refractivity (Wildman–Crippen MR) is 68.1 cm³/mol. The van der Waals surface area contributed by atoms with Gasteiger partial charge in [0.15, 0.2) is 0 Å². The summed E-state index contributed by atoms with van der Waals surface area (Å²) in [5.41, 5.74) is -0.124. The van der Waals surface area contributed by atoms with Gasteiger partial charge in [-0.05, 0) is 20.8 Å². The summed E-state index contributed by atoms with van der Waals surface area (Å²) in [5, 5.41) is 15.6. The predicted octanol–water partition coefficient (Wildman–Crippen LogP) is -0.121. The van der Waals surface area contributed by atoms with Crippen molar-refractivity contribution in [2.75, 3.05) is 19.7 Å². The fraction of sp³-hybridized carbons (Fsp3) is 0.727. The average molecular weight is 289 g/mol. The van der Waals surface area contributed by atoms with Crippen molar-refractivity contribution in [1.82, 2.24) is 14.5 Å². The molecule has 19 heavy (non-hydrogen) atoms. The van der Waals surface area contributed by atoms with Crippen LogP contribution in [0.3, 0.4) is 0 Å². The van der Waals surface area contributed by atoms with Gasteiger partial charge in [0.1, 0.15) is 4.90 Å². The van der Waals surface area contributed by atoms with E-state index in [0.29, 0.717) is 5.69 Å². The molecule has 8 heteroatoms. The van der Waals surface area contributed by atoms with Crippen molar-refractivity contribution >= 4 is 10.0 Å². The minimum absolute atomic E-state index is 0.146. The Hall–Kier alpha value is -0.960. The van der Waals surface area contributed by atoms with Crippen molar-refractivity contribution in [2.45, 2.75) is 37.4 Å². The number of aliphatic hydroxyl groups is 1. The summed E-state index contributed by atoms with van der Waals surface area (Å²) < 4.78 is 32.1. The first-order valence-corrected chi connectivity index (χ1v) is 7.49. The van der Waals surface area contributed by atoms with Gasteiger partial charge in [-0.15, -0.1) is 0 Å². The van der Waals surface area contributed by atoms with E-state index in [1.54, 1.807) is 20.8 Å². The number of hydrogen-bond acceptors (Lipinski definition) is 5. The summed E-state index contributed by atoms with van der Waals surface area (Å²) in [6.45, 7) is 5.46. The van der Waals surface area contributed by atoms with E-state index < -0.39 is 21.7 Å². The highest BCUT2D eigenvalue weighted by atomic mass is 32.2. The zero-order chi connectivity index (χ0) is 14.3. The van der Waals surface area contributed by atoms with E-state index in [-0.39, 0.29) is 24.6 Å². The first-order valence-electron chi connectivity index (χ1n) is 6.05. The van der Waals surface area contributed by atoms with Crippen LogP contribution in [0.1, 0.15) is 19.5 Å². The van der Waals surface area contributed by atoms with Crippen LogP contribution in [0.25, 0.3) is 0 Å². The molecule has 2 heterocycles. The molecule has 1 unspecified atom stereocenters. The molecule has 1 aliphatic heterocycles. The van der Waals surface area contributed by atoms with Gasteiger partial charge in [0, 0.05) is 13.1 Å². The topological polar surface area (TPSA) is 95.5 Å². The van der Waals surface area contributed by atoms with Crippen molar-refractivity contribution in [2.24, 2.45) is 0 Å². The molecule has 0 aliphatic carbocycles. The number of aryl methyl sites for hydroxylation is 1. The summed E-state index contributed by atoms with van der Waals surface area (Å²) in [7, 11) is -3.61. The maximum Gasteiger partial charge on any atom is 0.246 e. The normalized spacial score (nSPS) is 24.5. The van der Waals surface area contributed by atoms with Crippen LogP contribution in [0.5, 0.6) is 0 Å². The molecule has 0 bridgehead atoms. The number of rotatable bonds is 3. The number of H-pyrrole nitrogens is 1. The van der Waals surface area contributed by atoms with Crippen LogP contribution in [0.2, 0.25) is 0 Å². The minimum atomic E-state index is -3.61. The first kappa shape index (κ1) is 14.4. The molecule has 2 N–H and O–H groups in total. The second-order valence-corrected chi connectivity index (χ2v) is 7.25. The van der Waals surface area contributed by atoms with Gasteiger partial charge >= 0.3 is 0 Å². The number of nitrogens with zero attached hydrogens (tertiary/aromatic N) is 2. The van der Waals surface area contributed by atoms with E-state index in [1.165, 1.54) is 10.5 Å². The third kappa shape index (κ3) is 2.81. The molecule has 1 aromatic heterocycles. The maximum atomic E-state index is 12.5. The van der Waals surface area contributed by atoms with Crippen LogP contribution in [0.15, 0.2) is 11.1 Å². The van der Waals surface area contributed by atoms with Gasteiger partial charge in [-0.1, -0.05) is 0 Å². The lowest BCUT2D eigenvalue weighted by Crippen LogP contribution is -2.55. The molecule has 1 aromatic rings. The van der Waals surface area contributed by atoms with Gasteiger partial charge < -0.3 is 9.84 Å². The summed E-state index contributed by atoms with van der Waals surface area (Å²) in [5.74, 6) is 0. The Morgan fingerprint density at radius 2 is 2.32 bits per heavy atom. The smallest absolute Gasteiger partial charge is 0.246 e. The van der Waals surface area contributed by atoms with Crippen molar-refractivity contribution < 1.29 is 18.3 Å². The lowest BCUT2D eigenvalue weighted by atomic mass is 10.1. The monoisotopic (exact) mass is 289 g/mol. The Bertz CT molecular complexity index is 552. The number of aromatic nitrogens is 2. The van der Waals surface area contributed by atoms with Crippen LogP contribution in [-0.4, -0.2) is 59.4 Å². The van der Waals surface area contributed by atoms with E-state index in [1.807, 2.05) is 0 Å². The molecule has 0 radical (unpaired) electrons. The zero-order valence-corrected chi connectivity index (χ0v) is 12.1. The van der Waals surface area contributed by atoms with Crippen LogP contribution >= 0.6 is 0 Å². The molecule has 0 spiro atoms. The summed E-state index contributed by atoms with van der Waals surface area (Å²) in [4.78, 5) is 0.168. The third-order valence-corrected chi connectivity index (χ3v) is 4.98. The molecule has 0 aromatic carbocycles. The van der Waals surface area contributed by atoms with Crippen LogP contribution < -0.4 is 0 Å². The van der Waals surface area contributed by atoms with Gasteiger partial charge in [0.2, 0.25) is 10.0 Å². The second-order valence-electron chi connectivity index (χ2n) is 5.34. The molecule has 7 nitrogen and oxygen atoms in total. The third-order valence-electron chi connectivity index (χ3n) is 3.06. The van der Waals surface area contributed by atoms with E-state index >= 15 is 0 Å². The molecule has 2 rings (SSSR count). The minimum Gasteiger partial charge on any atom is -0.394 e. The SMILES string of the molecule is Cc1[nH]ncc1S(=O)(=O)N1CC(CO)OC(C)(C)C1. The molecule has 1 saturated heterocycles. The molecular formula is C11H19N3O4S. The Morgan fingerprint density at radius 1 is 1.63 bits per heavy atom. The number of aliphatic hydroxyl groups excluding tert-OH is 1. The van der Waals surface area contributed by atoms with Crippen molar-refractivity contribution in [3.05, 3.63) is 11.9 Å². The van der Waals surface area contributed by atoms with E-state index in [0.717, 1.165) is 0 Å². The highest BCUT2D eigenvalue weighted by Gasteiger charge is 2.39. The lowest BCUT2D eigenvalue weighted by Gasteiger charge is -2.41. The highest BCUT2D eigenvalue weighted by molar-refractivity contribution is 7.89. The largest absolute Gasteiger partial charge is 0.394 e. The number of ether oxygens (including phenoxy) is 1. The molecular weight excluding hydrogens is 270 g/mol. The fourth-order valence-corrected chi connectivity index (χ4v) is 4.00. The Kier molecular flexibility index (Phi) is 3.69. The summed E-state index contributed by atoms with van der Waals surface area (Å²) >= 11 is 0. The fourth-order valence-electron chi connectivity index (χ4n) is 2.26. The van der Waals surface area contributed by atoms with Gasteiger partial charge in [0.25, 0.3) is 0 Å². The lowest BCUT2D eigenvalue weighted by molar-refractivity contribution is -0.131. The Labute approximate surface area is 112 Å². The summed E-state index contributed by atoms with van der Waals surface area (Å²) in [6.07, 6.45) is 0.798. The van der Waals surface area contributed by atoms with Crippen molar-refractivity contribution in [1.29, 1.82) is 0 Å². The van der Waals surface area contributed by atoms with Crippen LogP contribution in [0, 0.1) is 6.92 Å². The maximum absolute atomic E-state index is 12.5. The van der Waals surface area contributed by atoms with Crippen molar-refractivity contribution in [3.63, 3.8) is 0 Å². The highest BCUT2D eigenvalue weighted by Crippen LogP contribution is 2.27. The Morgan fingerprint density at radius 3 is 2.84 bits per heavy atom.